The number of carboxylic acid groups (broad SMARTS) is 1. The predicted octanol–water partition coefficient (Wildman–Crippen LogP) is 3.11. The number of nitrogens with zero attached hydrogens (tertiary/aromatic N) is 2. The van der Waals surface area contributed by atoms with Crippen LogP contribution in [0.25, 0.3) is 0 Å². The van der Waals surface area contributed by atoms with E-state index in [1.807, 2.05) is 19.1 Å². The summed E-state index contributed by atoms with van der Waals surface area (Å²) in [5.74, 6) is -1.51. The lowest BCUT2D eigenvalue weighted by Gasteiger charge is -2.27. The van der Waals surface area contributed by atoms with Crippen molar-refractivity contribution in [3.63, 3.8) is 0 Å². The Labute approximate surface area is 149 Å². The van der Waals surface area contributed by atoms with Gasteiger partial charge in [0.25, 0.3) is 11.1 Å². The summed E-state index contributed by atoms with van der Waals surface area (Å²) in [5, 5.41) is 7.91. The maximum absolute atomic E-state index is 12.8. The first kappa shape index (κ1) is 17.0. The van der Waals surface area contributed by atoms with Gasteiger partial charge < -0.3 is 10.0 Å². The van der Waals surface area contributed by atoms with Crippen LogP contribution in [0.3, 0.4) is 0 Å². The van der Waals surface area contributed by atoms with Crippen molar-refractivity contribution in [2.75, 3.05) is 16.3 Å². The summed E-state index contributed by atoms with van der Waals surface area (Å²) in [6.45, 7) is 1.55. The molecular weight excluding hydrogens is 340 g/mol. The molecule has 3 rings (SSSR count). The molecule has 0 aliphatic carbocycles. The number of imide groups is 1. The zero-order valence-corrected chi connectivity index (χ0v) is 14.3. The second-order valence-electron chi connectivity index (χ2n) is 5.60. The first-order chi connectivity index (χ1) is 12.0. The van der Waals surface area contributed by atoms with E-state index in [-0.39, 0.29) is 6.54 Å². The summed E-state index contributed by atoms with van der Waals surface area (Å²) >= 11 is 0.826. The Bertz CT molecular complexity index is 808. The smallest absolute Gasteiger partial charge is 0.323 e. The van der Waals surface area contributed by atoms with Crippen molar-refractivity contribution in [2.45, 2.75) is 12.3 Å². The van der Waals surface area contributed by atoms with Crippen molar-refractivity contribution >= 4 is 40.3 Å². The topological polar surface area (TPSA) is 77.9 Å². The summed E-state index contributed by atoms with van der Waals surface area (Å²) < 4.78 is 0. The molecule has 1 saturated heterocycles. The molecule has 0 saturated carbocycles. The van der Waals surface area contributed by atoms with E-state index in [1.54, 1.807) is 42.5 Å². The second-order valence-corrected chi connectivity index (χ2v) is 6.63. The minimum Gasteiger partial charge on any atom is -0.480 e. The fraction of sp³-hybridized carbons (Fsp3) is 0.167. The number of carboxylic acids is 1. The quantitative estimate of drug-likeness (QED) is 0.887. The van der Waals surface area contributed by atoms with Crippen LogP contribution in [0.4, 0.5) is 16.2 Å². The van der Waals surface area contributed by atoms with E-state index < -0.39 is 22.5 Å². The van der Waals surface area contributed by atoms with E-state index in [1.165, 1.54) is 4.90 Å². The van der Waals surface area contributed by atoms with Gasteiger partial charge in [-0.25, -0.2) is 4.90 Å². The average molecular weight is 356 g/mol. The van der Waals surface area contributed by atoms with Gasteiger partial charge in [0.05, 0.1) is 5.69 Å². The number of benzene rings is 2. The van der Waals surface area contributed by atoms with E-state index in [0.29, 0.717) is 11.4 Å². The van der Waals surface area contributed by atoms with Crippen molar-refractivity contribution in [1.29, 1.82) is 0 Å². The minimum absolute atomic E-state index is 0.373. The van der Waals surface area contributed by atoms with Gasteiger partial charge in [-0.15, -0.1) is 0 Å². The number of carbonyl (C=O) groups excluding carboxylic acids is 2. The fourth-order valence-corrected chi connectivity index (χ4v) is 3.62. The van der Waals surface area contributed by atoms with Gasteiger partial charge in [0.15, 0.2) is 5.37 Å². The Balaban J connectivity index is 1.94. The number of aryl methyl sites for hydroxylation is 1. The number of anilines is 2. The Hall–Kier alpha value is -2.80. The van der Waals surface area contributed by atoms with Gasteiger partial charge in [-0.1, -0.05) is 35.9 Å². The molecular formula is C18H16N2O4S. The van der Waals surface area contributed by atoms with E-state index in [4.69, 9.17) is 0 Å². The number of hydrogen-bond acceptors (Lipinski definition) is 5. The van der Waals surface area contributed by atoms with Crippen LogP contribution < -0.4 is 9.80 Å². The molecule has 1 aliphatic rings. The molecule has 2 aromatic carbocycles. The van der Waals surface area contributed by atoms with Gasteiger partial charge in [-0.2, -0.15) is 0 Å². The summed E-state index contributed by atoms with van der Waals surface area (Å²) in [6, 6.07) is 15.8. The first-order valence-electron chi connectivity index (χ1n) is 7.62. The minimum atomic E-state index is -1.07. The molecule has 1 atom stereocenters. The highest BCUT2D eigenvalue weighted by molar-refractivity contribution is 8.16. The van der Waals surface area contributed by atoms with Gasteiger partial charge in [0.1, 0.15) is 6.54 Å². The molecule has 2 aromatic rings. The monoisotopic (exact) mass is 356 g/mol. The lowest BCUT2D eigenvalue weighted by Crippen LogP contribution is -2.43. The van der Waals surface area contributed by atoms with Crippen LogP contribution in [-0.4, -0.2) is 34.1 Å². The molecule has 0 aromatic heterocycles. The van der Waals surface area contributed by atoms with Crippen LogP contribution in [0, 0.1) is 6.92 Å². The fourth-order valence-electron chi connectivity index (χ4n) is 2.60. The zero-order chi connectivity index (χ0) is 18.0. The normalized spacial score (nSPS) is 17.0. The van der Waals surface area contributed by atoms with E-state index in [9.17, 15) is 19.5 Å². The molecule has 1 heterocycles. The predicted molar refractivity (Wildman–Crippen MR) is 96.9 cm³/mol. The van der Waals surface area contributed by atoms with E-state index >= 15 is 0 Å². The third kappa shape index (κ3) is 3.51. The van der Waals surface area contributed by atoms with Gasteiger partial charge in [0, 0.05) is 5.69 Å². The van der Waals surface area contributed by atoms with Crippen LogP contribution >= 0.6 is 11.8 Å². The van der Waals surface area contributed by atoms with Crippen LogP contribution in [0.15, 0.2) is 54.6 Å². The first-order valence-corrected chi connectivity index (χ1v) is 8.50. The summed E-state index contributed by atoms with van der Waals surface area (Å²) in [7, 11) is 0. The molecule has 25 heavy (non-hydrogen) atoms. The zero-order valence-electron chi connectivity index (χ0n) is 13.5. The Morgan fingerprint density at radius 1 is 1.12 bits per heavy atom. The number of aliphatic carboxylic acids is 1. The number of amides is 2. The number of rotatable bonds is 5. The third-order valence-corrected chi connectivity index (χ3v) is 4.86. The molecule has 7 heteroatoms. The van der Waals surface area contributed by atoms with E-state index in [2.05, 4.69) is 0 Å². The lowest BCUT2D eigenvalue weighted by atomic mass is 10.2. The standard InChI is InChI=1S/C18H16N2O4S/c1-12-7-9-13(10-8-12)19(11-15(21)22)17-16(23)20(18(24)25-17)14-5-3-2-4-6-14/h2-10,17H,11H2,1H3,(H,21,22)/t17-/m0/s1. The Morgan fingerprint density at radius 3 is 2.36 bits per heavy atom. The van der Waals surface area contributed by atoms with Crippen LogP contribution in [-0.2, 0) is 9.59 Å². The highest BCUT2D eigenvalue weighted by Gasteiger charge is 2.44. The van der Waals surface area contributed by atoms with Crippen LogP contribution in [0.5, 0.6) is 0 Å². The SMILES string of the molecule is Cc1ccc(N(CC(=O)O)[C@H]2SC(=O)N(c3ccccc3)C2=O)cc1. The molecule has 2 amide bonds. The number of hydrogen-bond donors (Lipinski definition) is 1. The van der Waals surface area contributed by atoms with Crippen molar-refractivity contribution in [3.8, 4) is 0 Å². The average Bonchev–Trinajstić information content (AvgIpc) is 2.88. The second kappa shape index (κ2) is 6.98. The highest BCUT2D eigenvalue weighted by Crippen LogP contribution is 2.35. The Morgan fingerprint density at radius 2 is 1.76 bits per heavy atom. The molecule has 0 spiro atoms. The summed E-state index contributed by atoms with van der Waals surface area (Å²) in [4.78, 5) is 39.0. The third-order valence-electron chi connectivity index (χ3n) is 3.80. The Kier molecular flexibility index (Phi) is 4.76. The van der Waals surface area contributed by atoms with Crippen molar-refractivity contribution in [1.82, 2.24) is 0 Å². The number of para-hydroxylation sites is 1. The number of thioether (sulfide) groups is 1. The van der Waals surface area contributed by atoms with Crippen LogP contribution in [0.1, 0.15) is 5.56 Å². The summed E-state index contributed by atoms with van der Waals surface area (Å²) in [6.07, 6.45) is 0. The van der Waals surface area contributed by atoms with Crippen molar-refractivity contribution in [3.05, 3.63) is 60.2 Å². The van der Waals surface area contributed by atoms with E-state index in [0.717, 1.165) is 22.2 Å². The lowest BCUT2D eigenvalue weighted by molar-refractivity contribution is -0.135. The maximum atomic E-state index is 12.8. The number of carbonyl (C=O) groups is 3. The largest absolute Gasteiger partial charge is 0.480 e. The molecule has 1 N–H and O–H groups in total. The molecule has 1 aliphatic heterocycles. The molecule has 0 bridgehead atoms. The maximum Gasteiger partial charge on any atom is 0.323 e. The highest BCUT2D eigenvalue weighted by atomic mass is 32.2. The molecule has 6 nitrogen and oxygen atoms in total. The van der Waals surface area contributed by atoms with Gasteiger partial charge >= 0.3 is 5.97 Å². The van der Waals surface area contributed by atoms with Gasteiger partial charge in [0.2, 0.25) is 0 Å². The van der Waals surface area contributed by atoms with Crippen molar-refractivity contribution < 1.29 is 19.5 Å². The molecule has 0 unspecified atom stereocenters. The summed E-state index contributed by atoms with van der Waals surface area (Å²) in [5.41, 5.74) is 2.08. The van der Waals surface area contributed by atoms with Gasteiger partial charge in [-0.3, -0.25) is 14.4 Å². The van der Waals surface area contributed by atoms with Crippen molar-refractivity contribution in [2.24, 2.45) is 0 Å². The molecule has 1 fully saturated rings. The van der Waals surface area contributed by atoms with Crippen LogP contribution in [0.2, 0.25) is 0 Å². The molecule has 128 valence electrons. The van der Waals surface area contributed by atoms with Gasteiger partial charge in [-0.05, 0) is 43.0 Å². The molecule has 0 radical (unpaired) electrons.